The zero-order valence-electron chi connectivity index (χ0n) is 11.7. The lowest BCUT2D eigenvalue weighted by molar-refractivity contribution is -0.133. The molecule has 6 nitrogen and oxygen atoms in total. The van der Waals surface area contributed by atoms with Crippen molar-refractivity contribution in [3.63, 3.8) is 0 Å². The average Bonchev–Trinajstić information content (AvgIpc) is 2.81. The van der Waals surface area contributed by atoms with Crippen LogP contribution in [0.4, 0.5) is 0 Å². The molecule has 0 spiro atoms. The zero-order chi connectivity index (χ0) is 14.4. The molecule has 0 saturated carbocycles. The molecule has 20 heavy (non-hydrogen) atoms. The van der Waals surface area contributed by atoms with Gasteiger partial charge in [0.05, 0.1) is 5.75 Å². The van der Waals surface area contributed by atoms with Crippen molar-refractivity contribution in [3.05, 3.63) is 5.82 Å². The quantitative estimate of drug-likeness (QED) is 0.774. The number of aryl methyl sites for hydroxylation is 1. The van der Waals surface area contributed by atoms with Crippen molar-refractivity contribution >= 4 is 17.7 Å². The number of aliphatic carboxylic acids is 1. The van der Waals surface area contributed by atoms with Crippen LogP contribution in [0.25, 0.3) is 0 Å². The first-order chi connectivity index (χ1) is 9.70. The lowest BCUT2D eigenvalue weighted by Gasteiger charge is -2.23. The van der Waals surface area contributed by atoms with Crippen LogP contribution in [0.1, 0.15) is 32.0 Å². The van der Waals surface area contributed by atoms with E-state index in [1.54, 1.807) is 0 Å². The molecule has 0 aromatic carbocycles. The van der Waals surface area contributed by atoms with Crippen molar-refractivity contribution in [2.75, 3.05) is 19.0 Å². The first kappa shape index (κ1) is 15.3. The fraction of sp³-hybridized carbons (Fsp3) is 0.769. The molecule has 0 unspecified atom stereocenters. The van der Waals surface area contributed by atoms with Crippen LogP contribution >= 0.6 is 11.8 Å². The number of ether oxygens (including phenoxy) is 1. The summed E-state index contributed by atoms with van der Waals surface area (Å²) in [5, 5.41) is 17.9. The maximum Gasteiger partial charge on any atom is 0.313 e. The van der Waals surface area contributed by atoms with Gasteiger partial charge in [-0.05, 0) is 25.2 Å². The van der Waals surface area contributed by atoms with Gasteiger partial charge in [0, 0.05) is 26.2 Å². The first-order valence-corrected chi connectivity index (χ1v) is 8.03. The Balaban J connectivity index is 2.08. The molecule has 0 amide bonds. The molecule has 0 radical (unpaired) electrons. The number of carboxylic acid groups (broad SMARTS) is 1. The van der Waals surface area contributed by atoms with Gasteiger partial charge in [0.2, 0.25) is 0 Å². The smallest absolute Gasteiger partial charge is 0.313 e. The summed E-state index contributed by atoms with van der Waals surface area (Å²) in [7, 11) is 0. The number of carboxylic acids is 1. The van der Waals surface area contributed by atoms with E-state index >= 15 is 0 Å². The van der Waals surface area contributed by atoms with Crippen LogP contribution in [-0.2, 0) is 22.5 Å². The third kappa shape index (κ3) is 4.21. The van der Waals surface area contributed by atoms with E-state index in [-0.39, 0.29) is 5.75 Å². The second kappa shape index (κ2) is 7.64. The molecule has 1 aromatic rings. The maximum atomic E-state index is 10.7. The number of nitrogens with zero attached hydrogens (tertiary/aromatic N) is 3. The minimum absolute atomic E-state index is 0.0258. The van der Waals surface area contributed by atoms with Crippen LogP contribution in [0.5, 0.6) is 0 Å². The van der Waals surface area contributed by atoms with Gasteiger partial charge in [-0.3, -0.25) is 4.79 Å². The second-order valence-electron chi connectivity index (χ2n) is 5.00. The Morgan fingerprint density at radius 1 is 1.45 bits per heavy atom. The van der Waals surface area contributed by atoms with E-state index in [1.807, 2.05) is 0 Å². The molecular formula is C13H21N3O3S. The maximum absolute atomic E-state index is 10.7. The van der Waals surface area contributed by atoms with Crippen molar-refractivity contribution in [2.45, 2.75) is 44.3 Å². The molecule has 0 aliphatic carbocycles. The lowest BCUT2D eigenvalue weighted by atomic mass is 10.0. The number of hydrogen-bond acceptors (Lipinski definition) is 5. The third-order valence-corrected chi connectivity index (χ3v) is 4.32. The van der Waals surface area contributed by atoms with Gasteiger partial charge in [-0.1, -0.05) is 18.7 Å². The van der Waals surface area contributed by atoms with Gasteiger partial charge in [0.25, 0.3) is 0 Å². The fourth-order valence-corrected chi connectivity index (χ4v) is 3.02. The summed E-state index contributed by atoms with van der Waals surface area (Å²) in [6.45, 7) is 4.60. The molecule has 0 atom stereocenters. The molecule has 2 heterocycles. The van der Waals surface area contributed by atoms with Gasteiger partial charge in [0.15, 0.2) is 5.16 Å². The molecule has 1 aliphatic heterocycles. The Bertz CT molecular complexity index is 444. The van der Waals surface area contributed by atoms with E-state index in [1.165, 1.54) is 11.8 Å². The molecule has 112 valence electrons. The van der Waals surface area contributed by atoms with Gasteiger partial charge in [-0.25, -0.2) is 0 Å². The highest BCUT2D eigenvalue weighted by Crippen LogP contribution is 2.23. The fourth-order valence-electron chi connectivity index (χ4n) is 2.33. The van der Waals surface area contributed by atoms with Crippen LogP contribution in [0.15, 0.2) is 5.16 Å². The van der Waals surface area contributed by atoms with Gasteiger partial charge in [-0.15, -0.1) is 10.2 Å². The van der Waals surface area contributed by atoms with Crippen molar-refractivity contribution < 1.29 is 14.6 Å². The van der Waals surface area contributed by atoms with Crippen LogP contribution in [-0.4, -0.2) is 44.8 Å². The molecular weight excluding hydrogens is 278 g/mol. The predicted molar refractivity (Wildman–Crippen MR) is 75.9 cm³/mol. The monoisotopic (exact) mass is 299 g/mol. The standard InChI is InChI=1S/C13H21N3O3S/c1-2-3-11-14-15-13(20-9-12(17)18)16(11)8-10-4-6-19-7-5-10/h10H,2-9H2,1H3,(H,17,18). The number of carbonyl (C=O) groups is 1. The molecule has 1 aromatic heterocycles. The minimum atomic E-state index is -0.826. The highest BCUT2D eigenvalue weighted by Gasteiger charge is 2.19. The van der Waals surface area contributed by atoms with Crippen LogP contribution in [0, 0.1) is 5.92 Å². The summed E-state index contributed by atoms with van der Waals surface area (Å²) in [5.74, 6) is 0.733. The zero-order valence-corrected chi connectivity index (χ0v) is 12.6. The number of hydrogen-bond donors (Lipinski definition) is 1. The second-order valence-corrected chi connectivity index (χ2v) is 5.94. The molecule has 1 aliphatic rings. The first-order valence-electron chi connectivity index (χ1n) is 7.05. The van der Waals surface area contributed by atoms with E-state index in [0.717, 1.165) is 56.4 Å². The molecule has 1 fully saturated rings. The number of aromatic nitrogens is 3. The van der Waals surface area contributed by atoms with Crippen molar-refractivity contribution in [1.29, 1.82) is 0 Å². The Kier molecular flexibility index (Phi) is 5.85. The Morgan fingerprint density at radius 2 is 2.20 bits per heavy atom. The van der Waals surface area contributed by atoms with E-state index in [9.17, 15) is 4.79 Å². The third-order valence-electron chi connectivity index (χ3n) is 3.37. The van der Waals surface area contributed by atoms with Crippen molar-refractivity contribution in [3.8, 4) is 0 Å². The van der Waals surface area contributed by atoms with Gasteiger partial charge < -0.3 is 14.4 Å². The van der Waals surface area contributed by atoms with E-state index in [2.05, 4.69) is 21.7 Å². The summed E-state index contributed by atoms with van der Waals surface area (Å²) in [4.78, 5) is 10.7. The van der Waals surface area contributed by atoms with Crippen molar-refractivity contribution in [2.24, 2.45) is 5.92 Å². The molecule has 2 rings (SSSR count). The molecule has 1 saturated heterocycles. The van der Waals surface area contributed by atoms with Crippen LogP contribution in [0.2, 0.25) is 0 Å². The number of rotatable bonds is 7. The van der Waals surface area contributed by atoms with Gasteiger partial charge >= 0.3 is 5.97 Å². The van der Waals surface area contributed by atoms with Crippen molar-refractivity contribution in [1.82, 2.24) is 14.8 Å². The predicted octanol–water partition coefficient (Wildman–Crippen LogP) is 1.83. The number of thioether (sulfide) groups is 1. The lowest BCUT2D eigenvalue weighted by Crippen LogP contribution is -2.22. The van der Waals surface area contributed by atoms with Crippen LogP contribution < -0.4 is 0 Å². The topological polar surface area (TPSA) is 77.2 Å². The summed E-state index contributed by atoms with van der Waals surface area (Å²) in [6.07, 6.45) is 3.99. The largest absolute Gasteiger partial charge is 0.481 e. The summed E-state index contributed by atoms with van der Waals surface area (Å²) in [5.41, 5.74) is 0. The summed E-state index contributed by atoms with van der Waals surface area (Å²) < 4.78 is 7.49. The van der Waals surface area contributed by atoms with E-state index < -0.39 is 5.97 Å². The highest BCUT2D eigenvalue weighted by molar-refractivity contribution is 7.99. The Labute approximate surface area is 122 Å². The Morgan fingerprint density at radius 3 is 2.85 bits per heavy atom. The average molecular weight is 299 g/mol. The van der Waals surface area contributed by atoms with E-state index in [0.29, 0.717) is 5.92 Å². The van der Waals surface area contributed by atoms with Gasteiger partial charge in [-0.2, -0.15) is 0 Å². The minimum Gasteiger partial charge on any atom is -0.481 e. The normalized spacial score (nSPS) is 16.4. The summed E-state index contributed by atoms with van der Waals surface area (Å²) in [6, 6.07) is 0. The summed E-state index contributed by atoms with van der Waals surface area (Å²) >= 11 is 1.25. The molecule has 0 bridgehead atoms. The highest BCUT2D eigenvalue weighted by atomic mass is 32.2. The van der Waals surface area contributed by atoms with Crippen LogP contribution in [0.3, 0.4) is 0 Å². The molecule has 1 N–H and O–H groups in total. The Hall–Kier alpha value is -1.08. The van der Waals surface area contributed by atoms with E-state index in [4.69, 9.17) is 9.84 Å². The van der Waals surface area contributed by atoms with Gasteiger partial charge in [0.1, 0.15) is 5.82 Å². The molecule has 7 heteroatoms. The SMILES string of the molecule is CCCc1nnc(SCC(=O)O)n1CC1CCOCC1.